The van der Waals surface area contributed by atoms with E-state index >= 15 is 0 Å². The lowest BCUT2D eigenvalue weighted by Crippen LogP contribution is -2.47. The molecule has 4 aliphatic carbocycles. The quantitative estimate of drug-likeness (QED) is 0.527. The van der Waals surface area contributed by atoms with Crippen molar-refractivity contribution in [2.45, 2.75) is 44.9 Å². The van der Waals surface area contributed by atoms with Crippen LogP contribution in [-0.2, 0) is 9.53 Å². The number of aromatic nitrogens is 1. The minimum Gasteiger partial charge on any atom is -0.394 e. The third kappa shape index (κ3) is 4.55. The van der Waals surface area contributed by atoms with Gasteiger partial charge in [0.2, 0.25) is 5.91 Å². The molecule has 1 aromatic carbocycles. The van der Waals surface area contributed by atoms with Gasteiger partial charge in [-0.3, -0.25) is 4.79 Å². The number of ether oxygens (including phenoxy) is 1. The molecule has 2 aromatic rings. The SMILES string of the molecule is O=C(CC12CC3CC(CC(C3)C1)C2)Nc1cc(NCCOCCO)nc2ccccc12. The van der Waals surface area contributed by atoms with Crippen molar-refractivity contribution < 1.29 is 14.6 Å². The van der Waals surface area contributed by atoms with Crippen LogP contribution < -0.4 is 10.6 Å². The maximum absolute atomic E-state index is 13.2. The van der Waals surface area contributed by atoms with Gasteiger partial charge in [-0.25, -0.2) is 4.98 Å². The van der Waals surface area contributed by atoms with Crippen LogP contribution in [0.15, 0.2) is 30.3 Å². The predicted molar refractivity (Wildman–Crippen MR) is 122 cm³/mol. The van der Waals surface area contributed by atoms with Crippen molar-refractivity contribution in [3.8, 4) is 0 Å². The lowest BCUT2D eigenvalue weighted by Gasteiger charge is -2.56. The van der Waals surface area contributed by atoms with E-state index in [2.05, 4.69) is 15.6 Å². The summed E-state index contributed by atoms with van der Waals surface area (Å²) in [6.45, 7) is 1.43. The molecular weight excluding hydrogens is 390 g/mol. The van der Waals surface area contributed by atoms with Gasteiger partial charge in [0.15, 0.2) is 0 Å². The fourth-order valence-corrected chi connectivity index (χ4v) is 6.83. The second-order valence-corrected chi connectivity index (χ2v) is 9.98. The number of benzene rings is 1. The zero-order valence-electron chi connectivity index (χ0n) is 18.1. The number of hydrogen-bond donors (Lipinski definition) is 3. The second-order valence-electron chi connectivity index (χ2n) is 9.98. The van der Waals surface area contributed by atoms with Crippen LogP contribution in [0.25, 0.3) is 10.9 Å². The number of aliphatic hydroxyl groups excluding tert-OH is 1. The summed E-state index contributed by atoms with van der Waals surface area (Å²) in [5, 5.41) is 16.3. The van der Waals surface area contributed by atoms with E-state index in [1.54, 1.807) is 0 Å². The average Bonchev–Trinajstić information content (AvgIpc) is 2.72. The molecule has 1 heterocycles. The number of anilines is 2. The minimum absolute atomic E-state index is 0.0220. The Balaban J connectivity index is 1.29. The highest BCUT2D eigenvalue weighted by molar-refractivity contribution is 6.02. The number of carbonyl (C=O) groups excluding carboxylic acids is 1. The van der Waals surface area contributed by atoms with Crippen LogP contribution in [0.4, 0.5) is 11.5 Å². The Kier molecular flexibility index (Phi) is 5.85. The molecule has 4 fully saturated rings. The van der Waals surface area contributed by atoms with Gasteiger partial charge in [0.05, 0.1) is 31.0 Å². The molecule has 166 valence electrons. The van der Waals surface area contributed by atoms with Crippen molar-refractivity contribution in [3.63, 3.8) is 0 Å². The second kappa shape index (κ2) is 8.75. The first-order chi connectivity index (χ1) is 15.1. The van der Waals surface area contributed by atoms with E-state index < -0.39 is 0 Å². The molecule has 4 bridgehead atoms. The monoisotopic (exact) mass is 423 g/mol. The van der Waals surface area contributed by atoms with Crippen molar-refractivity contribution in [2.75, 3.05) is 37.0 Å². The van der Waals surface area contributed by atoms with Gasteiger partial charge in [0.1, 0.15) is 5.82 Å². The van der Waals surface area contributed by atoms with E-state index in [0.717, 1.165) is 40.2 Å². The van der Waals surface area contributed by atoms with Gasteiger partial charge in [-0.2, -0.15) is 0 Å². The predicted octanol–water partition coefficient (Wildman–Crippen LogP) is 4.20. The molecule has 0 atom stereocenters. The minimum atomic E-state index is 0.0220. The number of fused-ring (bicyclic) bond motifs is 1. The van der Waals surface area contributed by atoms with E-state index in [0.29, 0.717) is 26.2 Å². The Bertz CT molecular complexity index is 909. The lowest BCUT2D eigenvalue weighted by molar-refractivity contribution is -0.124. The molecule has 0 unspecified atom stereocenters. The first-order valence-electron chi connectivity index (χ1n) is 11.7. The van der Waals surface area contributed by atoms with Crippen LogP contribution in [0.3, 0.4) is 0 Å². The molecule has 4 saturated carbocycles. The number of para-hydroxylation sites is 1. The molecule has 0 spiro atoms. The number of aliphatic hydroxyl groups is 1. The van der Waals surface area contributed by atoms with Gasteiger partial charge in [-0.1, -0.05) is 18.2 Å². The number of carbonyl (C=O) groups is 1. The highest BCUT2D eigenvalue weighted by Crippen LogP contribution is 2.61. The van der Waals surface area contributed by atoms with Crippen molar-refractivity contribution in [1.29, 1.82) is 0 Å². The van der Waals surface area contributed by atoms with Gasteiger partial charge in [-0.15, -0.1) is 0 Å². The molecular formula is C25H33N3O3. The average molecular weight is 424 g/mol. The number of amides is 1. The molecule has 1 aromatic heterocycles. The topological polar surface area (TPSA) is 83.5 Å². The molecule has 0 saturated heterocycles. The number of hydrogen-bond acceptors (Lipinski definition) is 5. The summed E-state index contributed by atoms with van der Waals surface area (Å²) in [7, 11) is 0. The summed E-state index contributed by atoms with van der Waals surface area (Å²) < 4.78 is 5.31. The van der Waals surface area contributed by atoms with Crippen LogP contribution in [-0.4, -0.2) is 42.4 Å². The summed E-state index contributed by atoms with van der Waals surface area (Å²) >= 11 is 0. The highest BCUT2D eigenvalue weighted by atomic mass is 16.5. The first-order valence-corrected chi connectivity index (χ1v) is 11.7. The summed E-state index contributed by atoms with van der Waals surface area (Å²) in [4.78, 5) is 17.9. The van der Waals surface area contributed by atoms with E-state index in [-0.39, 0.29) is 17.9 Å². The molecule has 6 rings (SSSR count). The van der Waals surface area contributed by atoms with E-state index in [4.69, 9.17) is 9.84 Å². The van der Waals surface area contributed by atoms with Gasteiger partial charge >= 0.3 is 0 Å². The van der Waals surface area contributed by atoms with E-state index in [1.165, 1.54) is 38.5 Å². The number of rotatable bonds is 9. The molecule has 1 amide bonds. The zero-order valence-corrected chi connectivity index (χ0v) is 18.1. The van der Waals surface area contributed by atoms with E-state index in [1.807, 2.05) is 30.3 Å². The van der Waals surface area contributed by atoms with Crippen LogP contribution in [0.1, 0.15) is 44.9 Å². The summed E-state index contributed by atoms with van der Waals surface area (Å²) in [6.07, 6.45) is 8.55. The normalized spacial score (nSPS) is 28.7. The third-order valence-electron chi connectivity index (χ3n) is 7.48. The molecule has 6 nitrogen and oxygen atoms in total. The number of pyridine rings is 1. The Hall–Kier alpha value is -2.18. The summed E-state index contributed by atoms with van der Waals surface area (Å²) in [6, 6.07) is 9.85. The summed E-state index contributed by atoms with van der Waals surface area (Å²) in [5.41, 5.74) is 1.90. The Morgan fingerprint density at radius 2 is 1.81 bits per heavy atom. The van der Waals surface area contributed by atoms with Gasteiger partial charge in [0, 0.05) is 24.4 Å². The molecule has 31 heavy (non-hydrogen) atoms. The summed E-state index contributed by atoms with van der Waals surface area (Å²) in [5.74, 6) is 3.41. The van der Waals surface area contributed by atoms with Gasteiger partial charge in [-0.05, 0) is 67.8 Å². The van der Waals surface area contributed by atoms with Gasteiger partial charge in [0.25, 0.3) is 0 Å². The van der Waals surface area contributed by atoms with Crippen LogP contribution >= 0.6 is 0 Å². The Labute approximate surface area is 183 Å². The fourth-order valence-electron chi connectivity index (χ4n) is 6.83. The van der Waals surface area contributed by atoms with E-state index in [9.17, 15) is 4.79 Å². The molecule has 0 radical (unpaired) electrons. The largest absolute Gasteiger partial charge is 0.394 e. The van der Waals surface area contributed by atoms with Crippen LogP contribution in [0.5, 0.6) is 0 Å². The van der Waals surface area contributed by atoms with Crippen LogP contribution in [0.2, 0.25) is 0 Å². The van der Waals surface area contributed by atoms with Crippen molar-refractivity contribution in [1.82, 2.24) is 4.98 Å². The van der Waals surface area contributed by atoms with Crippen LogP contribution in [0, 0.1) is 23.2 Å². The maximum atomic E-state index is 13.2. The van der Waals surface area contributed by atoms with Crippen molar-refractivity contribution in [3.05, 3.63) is 30.3 Å². The third-order valence-corrected chi connectivity index (χ3v) is 7.48. The lowest BCUT2D eigenvalue weighted by atomic mass is 9.49. The smallest absolute Gasteiger partial charge is 0.224 e. The first kappa shape index (κ1) is 20.7. The van der Waals surface area contributed by atoms with Gasteiger partial charge < -0.3 is 20.5 Å². The number of nitrogens with one attached hydrogen (secondary N) is 2. The Morgan fingerprint density at radius 1 is 1.10 bits per heavy atom. The molecule has 0 aliphatic heterocycles. The van der Waals surface area contributed by atoms with Crippen molar-refractivity contribution in [2.24, 2.45) is 23.2 Å². The zero-order chi connectivity index (χ0) is 21.3. The molecule has 4 aliphatic rings. The molecule has 3 N–H and O–H groups in total. The number of nitrogens with zero attached hydrogens (tertiary/aromatic N) is 1. The molecule has 6 heteroatoms. The van der Waals surface area contributed by atoms with Crippen molar-refractivity contribution >= 4 is 28.3 Å². The standard InChI is InChI=1S/C25H33N3O3/c29-6-8-31-7-5-26-23-12-22(20-3-1-2-4-21(20)27-23)28-24(30)16-25-13-17-9-18(14-25)11-19(10-17)15-25/h1-4,12,17-19,29H,5-11,13-16H2,(H2,26,27,28,30). The fraction of sp³-hybridized carbons (Fsp3) is 0.600. The Morgan fingerprint density at radius 3 is 2.52 bits per heavy atom. The maximum Gasteiger partial charge on any atom is 0.224 e. The highest BCUT2D eigenvalue weighted by Gasteiger charge is 2.51.